The lowest BCUT2D eigenvalue weighted by Crippen LogP contribution is -2.28. The molecular formula is C8H15N3O. The van der Waals surface area contributed by atoms with Crippen LogP contribution in [0.3, 0.4) is 0 Å². The summed E-state index contributed by atoms with van der Waals surface area (Å²) in [7, 11) is 3.99. The zero-order valence-corrected chi connectivity index (χ0v) is 7.74. The number of aromatic nitrogens is 2. The molecule has 0 aliphatic carbocycles. The third-order valence-corrected chi connectivity index (χ3v) is 1.78. The van der Waals surface area contributed by atoms with Crippen molar-refractivity contribution in [2.24, 2.45) is 0 Å². The summed E-state index contributed by atoms with van der Waals surface area (Å²) in [5.74, 6) is 0. The Bertz CT molecular complexity index is 286. The maximum Gasteiger partial charge on any atom is 0.325 e. The molecule has 4 heteroatoms. The third-order valence-electron chi connectivity index (χ3n) is 1.78. The van der Waals surface area contributed by atoms with Crippen molar-refractivity contribution in [2.45, 2.75) is 13.0 Å². The van der Waals surface area contributed by atoms with Crippen LogP contribution >= 0.6 is 0 Å². The highest BCUT2D eigenvalue weighted by atomic mass is 16.1. The number of hydrogen-bond donors (Lipinski definition) is 1. The minimum atomic E-state index is -0.0376. The fourth-order valence-corrected chi connectivity index (χ4v) is 1.29. The number of rotatable bonds is 3. The van der Waals surface area contributed by atoms with Gasteiger partial charge in [0, 0.05) is 25.0 Å². The molecule has 0 aliphatic heterocycles. The fourth-order valence-electron chi connectivity index (χ4n) is 1.29. The molecule has 1 unspecified atom stereocenters. The van der Waals surface area contributed by atoms with Crippen molar-refractivity contribution in [2.75, 3.05) is 20.6 Å². The molecule has 1 N–H and O–H groups in total. The molecule has 68 valence electrons. The second-order valence-electron chi connectivity index (χ2n) is 3.28. The van der Waals surface area contributed by atoms with Crippen molar-refractivity contribution in [3.8, 4) is 0 Å². The van der Waals surface area contributed by atoms with Crippen molar-refractivity contribution >= 4 is 0 Å². The van der Waals surface area contributed by atoms with Gasteiger partial charge in [0.05, 0.1) is 0 Å². The monoisotopic (exact) mass is 169 g/mol. The van der Waals surface area contributed by atoms with Crippen molar-refractivity contribution in [3.05, 3.63) is 22.9 Å². The van der Waals surface area contributed by atoms with Gasteiger partial charge >= 0.3 is 5.69 Å². The van der Waals surface area contributed by atoms with Crippen LogP contribution in [0.15, 0.2) is 17.2 Å². The Morgan fingerprint density at radius 3 is 2.75 bits per heavy atom. The van der Waals surface area contributed by atoms with E-state index in [2.05, 4.69) is 9.88 Å². The van der Waals surface area contributed by atoms with Crippen LogP contribution in [-0.4, -0.2) is 35.1 Å². The molecule has 0 radical (unpaired) electrons. The van der Waals surface area contributed by atoms with Crippen LogP contribution in [0.25, 0.3) is 0 Å². The molecule has 1 rings (SSSR count). The average Bonchev–Trinajstić information content (AvgIpc) is 2.33. The highest BCUT2D eigenvalue weighted by Gasteiger charge is 2.06. The van der Waals surface area contributed by atoms with Gasteiger partial charge in [0.15, 0.2) is 0 Å². The Hall–Kier alpha value is -1.03. The van der Waals surface area contributed by atoms with Gasteiger partial charge in [-0.05, 0) is 21.0 Å². The first kappa shape index (κ1) is 9.06. The molecule has 1 heterocycles. The molecule has 4 nitrogen and oxygen atoms in total. The number of imidazole rings is 1. The molecule has 0 saturated carbocycles. The Labute approximate surface area is 71.8 Å². The SMILES string of the molecule is CC(CN(C)C)n1cc[nH]c1=O. The zero-order valence-electron chi connectivity index (χ0n) is 7.74. The van der Waals surface area contributed by atoms with Crippen molar-refractivity contribution in [1.82, 2.24) is 14.5 Å². The summed E-state index contributed by atoms with van der Waals surface area (Å²) < 4.78 is 1.69. The highest BCUT2D eigenvalue weighted by molar-refractivity contribution is 4.80. The van der Waals surface area contributed by atoms with E-state index in [4.69, 9.17) is 0 Å². The normalized spacial score (nSPS) is 13.7. The van der Waals surface area contributed by atoms with E-state index in [0.29, 0.717) is 0 Å². The first-order valence-corrected chi connectivity index (χ1v) is 4.01. The molecule has 0 amide bonds. The van der Waals surface area contributed by atoms with E-state index in [0.717, 1.165) is 6.54 Å². The average molecular weight is 169 g/mol. The van der Waals surface area contributed by atoms with Crippen LogP contribution < -0.4 is 5.69 Å². The van der Waals surface area contributed by atoms with Crippen LogP contribution in [-0.2, 0) is 0 Å². The number of hydrogen-bond acceptors (Lipinski definition) is 2. The van der Waals surface area contributed by atoms with Crippen LogP contribution in [0.5, 0.6) is 0 Å². The van der Waals surface area contributed by atoms with Crippen LogP contribution in [0.2, 0.25) is 0 Å². The summed E-state index contributed by atoms with van der Waals surface area (Å²) in [5.41, 5.74) is -0.0376. The van der Waals surface area contributed by atoms with Crippen LogP contribution in [0.1, 0.15) is 13.0 Å². The van der Waals surface area contributed by atoms with E-state index in [-0.39, 0.29) is 11.7 Å². The Morgan fingerprint density at radius 2 is 2.33 bits per heavy atom. The van der Waals surface area contributed by atoms with E-state index in [1.807, 2.05) is 21.0 Å². The zero-order chi connectivity index (χ0) is 9.14. The predicted octanol–water partition coefficient (Wildman–Crippen LogP) is 0.299. The third kappa shape index (κ3) is 1.98. The summed E-state index contributed by atoms with van der Waals surface area (Å²) in [6.07, 6.45) is 3.44. The summed E-state index contributed by atoms with van der Waals surface area (Å²) in [6.45, 7) is 2.90. The lowest BCUT2D eigenvalue weighted by molar-refractivity contribution is 0.333. The van der Waals surface area contributed by atoms with Crippen LogP contribution in [0, 0.1) is 0 Å². The van der Waals surface area contributed by atoms with Crippen molar-refractivity contribution in [3.63, 3.8) is 0 Å². The summed E-state index contributed by atoms with van der Waals surface area (Å²) in [4.78, 5) is 15.8. The number of likely N-dealkylation sites (N-methyl/N-ethyl adjacent to an activating group) is 1. The Kier molecular flexibility index (Phi) is 2.70. The maximum atomic E-state index is 11.1. The highest BCUT2D eigenvalue weighted by Crippen LogP contribution is 2.01. The Morgan fingerprint density at radius 1 is 1.67 bits per heavy atom. The largest absolute Gasteiger partial charge is 0.325 e. The smallest absolute Gasteiger partial charge is 0.313 e. The molecular weight excluding hydrogens is 154 g/mol. The second kappa shape index (κ2) is 3.58. The van der Waals surface area contributed by atoms with Gasteiger partial charge in [-0.15, -0.1) is 0 Å². The van der Waals surface area contributed by atoms with E-state index >= 15 is 0 Å². The van der Waals surface area contributed by atoms with Crippen LogP contribution in [0.4, 0.5) is 0 Å². The summed E-state index contributed by atoms with van der Waals surface area (Å²) in [6, 6.07) is 0.221. The molecule has 0 spiro atoms. The standard InChI is InChI=1S/C8H15N3O/c1-7(6-10(2)3)11-5-4-9-8(11)12/h4-5,7H,6H2,1-3H3,(H,9,12). The molecule has 1 atom stereocenters. The van der Waals surface area contributed by atoms with Gasteiger partial charge in [-0.3, -0.25) is 4.57 Å². The molecule has 0 aliphatic rings. The lowest BCUT2D eigenvalue weighted by Gasteiger charge is -2.16. The molecule has 0 fully saturated rings. The van der Waals surface area contributed by atoms with Gasteiger partial charge in [0.25, 0.3) is 0 Å². The van der Waals surface area contributed by atoms with Crippen molar-refractivity contribution < 1.29 is 0 Å². The van der Waals surface area contributed by atoms with Gasteiger partial charge in [-0.25, -0.2) is 4.79 Å². The van der Waals surface area contributed by atoms with Crippen molar-refractivity contribution in [1.29, 1.82) is 0 Å². The molecule has 1 aromatic heterocycles. The van der Waals surface area contributed by atoms with Gasteiger partial charge in [-0.2, -0.15) is 0 Å². The van der Waals surface area contributed by atoms with E-state index < -0.39 is 0 Å². The van der Waals surface area contributed by atoms with E-state index in [1.54, 1.807) is 17.0 Å². The van der Waals surface area contributed by atoms with Gasteiger partial charge in [-0.1, -0.05) is 0 Å². The first-order chi connectivity index (χ1) is 5.61. The van der Waals surface area contributed by atoms with E-state index in [9.17, 15) is 4.79 Å². The molecule has 1 aromatic rings. The molecule has 0 aromatic carbocycles. The van der Waals surface area contributed by atoms with Gasteiger partial charge in [0.2, 0.25) is 0 Å². The van der Waals surface area contributed by atoms with Gasteiger partial charge < -0.3 is 9.88 Å². The van der Waals surface area contributed by atoms with E-state index in [1.165, 1.54) is 0 Å². The molecule has 12 heavy (non-hydrogen) atoms. The topological polar surface area (TPSA) is 41.0 Å². The summed E-state index contributed by atoms with van der Waals surface area (Å²) >= 11 is 0. The minimum absolute atomic E-state index is 0.0376. The first-order valence-electron chi connectivity index (χ1n) is 4.01. The minimum Gasteiger partial charge on any atom is -0.313 e. The maximum absolute atomic E-state index is 11.1. The molecule has 0 saturated heterocycles. The number of nitrogens with zero attached hydrogens (tertiary/aromatic N) is 2. The predicted molar refractivity (Wildman–Crippen MR) is 48.3 cm³/mol. The van der Waals surface area contributed by atoms with Gasteiger partial charge in [0.1, 0.15) is 0 Å². The number of H-pyrrole nitrogens is 1. The number of nitrogens with one attached hydrogen (secondary N) is 1. The fraction of sp³-hybridized carbons (Fsp3) is 0.625. The lowest BCUT2D eigenvalue weighted by atomic mass is 10.3. The molecule has 0 bridgehead atoms. The number of aromatic amines is 1. The Balaban J connectivity index is 2.71. The summed E-state index contributed by atoms with van der Waals surface area (Å²) in [5, 5.41) is 0. The second-order valence-corrected chi connectivity index (χ2v) is 3.28. The quantitative estimate of drug-likeness (QED) is 0.707.